The van der Waals surface area contributed by atoms with Gasteiger partial charge in [0.1, 0.15) is 0 Å². The molecule has 0 bridgehead atoms. The highest BCUT2D eigenvalue weighted by Crippen LogP contribution is 2.19. The number of nitrogens with two attached hydrogens (primary N) is 1. The van der Waals surface area contributed by atoms with Gasteiger partial charge >= 0.3 is 0 Å². The Morgan fingerprint density at radius 2 is 2.18 bits per heavy atom. The molecular formula is C12H14N4O. The highest BCUT2D eigenvalue weighted by Gasteiger charge is 2.14. The van der Waals surface area contributed by atoms with Gasteiger partial charge in [0.2, 0.25) is 0 Å². The first kappa shape index (κ1) is 11.2. The third kappa shape index (κ3) is 2.13. The minimum absolute atomic E-state index is 0.0614. The molecule has 0 aliphatic heterocycles. The van der Waals surface area contributed by atoms with Gasteiger partial charge in [0.25, 0.3) is 5.91 Å². The zero-order valence-corrected chi connectivity index (χ0v) is 9.79. The molecule has 0 radical (unpaired) electrons. The maximum atomic E-state index is 12.0. The van der Waals surface area contributed by atoms with Gasteiger partial charge in [-0.05, 0) is 18.2 Å². The van der Waals surface area contributed by atoms with Crippen LogP contribution in [-0.4, -0.2) is 34.5 Å². The average Bonchev–Trinajstić information content (AvgIpc) is 2.81. The van der Waals surface area contributed by atoms with Gasteiger partial charge in [-0.1, -0.05) is 0 Å². The van der Waals surface area contributed by atoms with E-state index in [0.29, 0.717) is 11.3 Å². The normalized spacial score (nSPS) is 10.2. The summed E-state index contributed by atoms with van der Waals surface area (Å²) in [5.74, 6) is -0.0614. The highest BCUT2D eigenvalue weighted by molar-refractivity contribution is 5.98. The van der Waals surface area contributed by atoms with Crippen molar-refractivity contribution < 1.29 is 4.79 Å². The van der Waals surface area contributed by atoms with E-state index in [4.69, 9.17) is 5.73 Å². The summed E-state index contributed by atoms with van der Waals surface area (Å²) in [6.07, 6.45) is 5.08. The molecular weight excluding hydrogens is 216 g/mol. The number of hydrogen-bond donors (Lipinski definition) is 1. The topological polar surface area (TPSA) is 64.2 Å². The summed E-state index contributed by atoms with van der Waals surface area (Å²) in [6.45, 7) is 0. The molecule has 2 aromatic rings. The lowest BCUT2D eigenvalue weighted by atomic mass is 10.1. The number of benzene rings is 1. The monoisotopic (exact) mass is 230 g/mol. The van der Waals surface area contributed by atoms with Crippen LogP contribution in [-0.2, 0) is 0 Å². The minimum Gasteiger partial charge on any atom is -0.399 e. The summed E-state index contributed by atoms with van der Waals surface area (Å²) in [5, 5.41) is 0. The first-order valence-corrected chi connectivity index (χ1v) is 5.19. The number of imidazole rings is 1. The number of nitrogen functional groups attached to an aromatic ring is 1. The molecule has 0 aliphatic rings. The van der Waals surface area contributed by atoms with Crippen LogP contribution in [0.4, 0.5) is 5.69 Å². The van der Waals surface area contributed by atoms with E-state index >= 15 is 0 Å². The van der Waals surface area contributed by atoms with Crippen molar-refractivity contribution in [1.29, 1.82) is 0 Å². The van der Waals surface area contributed by atoms with Crippen LogP contribution in [0.25, 0.3) is 5.69 Å². The van der Waals surface area contributed by atoms with Crippen molar-refractivity contribution in [3.8, 4) is 5.69 Å². The lowest BCUT2D eigenvalue weighted by Gasteiger charge is -2.15. The molecule has 17 heavy (non-hydrogen) atoms. The Bertz CT molecular complexity index is 531. The lowest BCUT2D eigenvalue weighted by Crippen LogP contribution is -2.23. The van der Waals surface area contributed by atoms with Crippen LogP contribution in [0.2, 0.25) is 0 Å². The standard InChI is InChI=1S/C12H14N4O/c1-15(2)12(17)10-4-3-9(13)7-11(10)16-6-5-14-8-16/h3-8H,13H2,1-2H3. The fourth-order valence-corrected chi connectivity index (χ4v) is 1.59. The number of hydrogen-bond acceptors (Lipinski definition) is 3. The largest absolute Gasteiger partial charge is 0.399 e. The van der Waals surface area contributed by atoms with E-state index in [-0.39, 0.29) is 5.91 Å². The summed E-state index contributed by atoms with van der Waals surface area (Å²) in [7, 11) is 3.44. The Kier molecular flexibility index (Phi) is 2.82. The third-order valence-corrected chi connectivity index (χ3v) is 2.44. The molecule has 0 atom stereocenters. The van der Waals surface area contributed by atoms with Crippen molar-refractivity contribution in [3.05, 3.63) is 42.5 Å². The highest BCUT2D eigenvalue weighted by atomic mass is 16.2. The summed E-state index contributed by atoms with van der Waals surface area (Å²) in [5.41, 5.74) is 7.70. The Morgan fingerprint density at radius 3 is 2.76 bits per heavy atom. The Labute approximate surface area is 99.5 Å². The minimum atomic E-state index is -0.0614. The van der Waals surface area contributed by atoms with Crippen molar-refractivity contribution >= 4 is 11.6 Å². The molecule has 1 amide bonds. The SMILES string of the molecule is CN(C)C(=O)c1ccc(N)cc1-n1ccnc1. The summed E-state index contributed by atoms with van der Waals surface area (Å²) < 4.78 is 1.77. The van der Waals surface area contributed by atoms with Gasteiger partial charge in [0.15, 0.2) is 0 Å². The molecule has 0 aliphatic carbocycles. The van der Waals surface area contributed by atoms with Crippen LogP contribution >= 0.6 is 0 Å². The number of amides is 1. The van der Waals surface area contributed by atoms with Crippen LogP contribution < -0.4 is 5.73 Å². The molecule has 5 heteroatoms. The van der Waals surface area contributed by atoms with Gasteiger partial charge in [0.05, 0.1) is 17.6 Å². The number of rotatable bonds is 2. The van der Waals surface area contributed by atoms with E-state index in [0.717, 1.165) is 5.69 Å². The zero-order chi connectivity index (χ0) is 12.4. The van der Waals surface area contributed by atoms with Gasteiger partial charge in [0, 0.05) is 32.2 Å². The van der Waals surface area contributed by atoms with Gasteiger partial charge in [-0.25, -0.2) is 4.98 Å². The summed E-state index contributed by atoms with van der Waals surface area (Å²) in [6, 6.07) is 5.21. The van der Waals surface area contributed by atoms with E-state index in [9.17, 15) is 4.79 Å². The molecule has 0 saturated carbocycles. The number of nitrogens with zero attached hydrogens (tertiary/aromatic N) is 3. The van der Waals surface area contributed by atoms with Gasteiger partial charge in [-0.15, -0.1) is 0 Å². The molecule has 0 saturated heterocycles. The van der Waals surface area contributed by atoms with Crippen molar-refractivity contribution in [1.82, 2.24) is 14.5 Å². The van der Waals surface area contributed by atoms with E-state index in [1.54, 1.807) is 55.6 Å². The number of carbonyl (C=O) groups excluding carboxylic acids is 1. The van der Waals surface area contributed by atoms with E-state index < -0.39 is 0 Å². The zero-order valence-electron chi connectivity index (χ0n) is 9.79. The summed E-state index contributed by atoms with van der Waals surface area (Å²) >= 11 is 0. The molecule has 0 unspecified atom stereocenters. The van der Waals surface area contributed by atoms with Gasteiger partial charge < -0.3 is 15.2 Å². The first-order valence-electron chi connectivity index (χ1n) is 5.19. The van der Waals surface area contributed by atoms with Crippen molar-refractivity contribution in [3.63, 3.8) is 0 Å². The van der Waals surface area contributed by atoms with E-state index in [2.05, 4.69) is 4.98 Å². The molecule has 1 aromatic carbocycles. The second-order valence-corrected chi connectivity index (χ2v) is 3.95. The van der Waals surface area contributed by atoms with Crippen LogP contribution in [0.3, 0.4) is 0 Å². The predicted molar refractivity (Wildman–Crippen MR) is 66.0 cm³/mol. The van der Waals surface area contributed by atoms with Gasteiger partial charge in [-0.3, -0.25) is 4.79 Å². The van der Waals surface area contributed by atoms with E-state index in [1.807, 2.05) is 0 Å². The number of aromatic nitrogens is 2. The molecule has 2 rings (SSSR count). The van der Waals surface area contributed by atoms with Gasteiger partial charge in [-0.2, -0.15) is 0 Å². The molecule has 0 spiro atoms. The number of carbonyl (C=O) groups is 1. The van der Waals surface area contributed by atoms with Crippen LogP contribution in [0, 0.1) is 0 Å². The lowest BCUT2D eigenvalue weighted by molar-refractivity contribution is 0.0827. The molecule has 1 aromatic heterocycles. The fourth-order valence-electron chi connectivity index (χ4n) is 1.59. The van der Waals surface area contributed by atoms with Crippen LogP contribution in [0.5, 0.6) is 0 Å². The van der Waals surface area contributed by atoms with Crippen molar-refractivity contribution in [2.24, 2.45) is 0 Å². The Morgan fingerprint density at radius 1 is 1.41 bits per heavy atom. The van der Waals surface area contributed by atoms with Crippen molar-refractivity contribution in [2.45, 2.75) is 0 Å². The molecule has 88 valence electrons. The molecule has 1 heterocycles. The molecule has 5 nitrogen and oxygen atoms in total. The molecule has 2 N–H and O–H groups in total. The van der Waals surface area contributed by atoms with Crippen molar-refractivity contribution in [2.75, 3.05) is 19.8 Å². The third-order valence-electron chi connectivity index (χ3n) is 2.44. The van der Waals surface area contributed by atoms with Crippen LogP contribution in [0.1, 0.15) is 10.4 Å². The van der Waals surface area contributed by atoms with Crippen LogP contribution in [0.15, 0.2) is 36.9 Å². The second-order valence-electron chi connectivity index (χ2n) is 3.95. The quantitative estimate of drug-likeness (QED) is 0.787. The molecule has 0 fully saturated rings. The Hall–Kier alpha value is -2.30. The first-order chi connectivity index (χ1) is 8.09. The predicted octanol–water partition coefficient (Wildman–Crippen LogP) is 1.16. The average molecular weight is 230 g/mol. The fraction of sp³-hybridized carbons (Fsp3) is 0.167. The maximum Gasteiger partial charge on any atom is 0.255 e. The smallest absolute Gasteiger partial charge is 0.255 e. The Balaban J connectivity index is 2.56. The maximum absolute atomic E-state index is 12.0. The second kappa shape index (κ2) is 4.29. The summed E-state index contributed by atoms with van der Waals surface area (Å²) in [4.78, 5) is 17.5. The van der Waals surface area contributed by atoms with E-state index in [1.165, 1.54) is 4.90 Å². The number of anilines is 1.